The lowest BCUT2D eigenvalue weighted by Crippen LogP contribution is -2.46. The summed E-state index contributed by atoms with van der Waals surface area (Å²) in [5.74, 6) is 3.32. The Morgan fingerprint density at radius 2 is 1.72 bits per heavy atom. The number of carbonyl (C=O) groups is 1. The molecule has 0 amide bonds. The first-order valence-electron chi connectivity index (χ1n) is 9.63. The summed E-state index contributed by atoms with van der Waals surface area (Å²) in [7, 11) is 3.35. The van der Waals surface area contributed by atoms with E-state index in [0.717, 1.165) is 17.9 Å². The van der Waals surface area contributed by atoms with Crippen LogP contribution in [0.3, 0.4) is 0 Å². The van der Waals surface area contributed by atoms with Crippen molar-refractivity contribution >= 4 is 5.78 Å². The van der Waals surface area contributed by atoms with E-state index in [-0.39, 0.29) is 5.41 Å². The smallest absolute Gasteiger partial charge is 0.161 e. The second kappa shape index (κ2) is 8.25. The van der Waals surface area contributed by atoms with E-state index in [2.05, 4.69) is 39.8 Å². The molecule has 1 aliphatic rings. The van der Waals surface area contributed by atoms with E-state index in [1.54, 1.807) is 14.2 Å². The first kappa shape index (κ1) is 19.8. The molecule has 3 heteroatoms. The lowest BCUT2D eigenvalue weighted by molar-refractivity contribution is -0.125. The third-order valence-electron chi connectivity index (χ3n) is 6.50. The minimum atomic E-state index is 0.0247. The standard InChI is InChI=1S/C22H34O3/c1-7-15(2)10-11-22(16(3)12-19(23)13-17(22)4)18-8-9-20(24-5)21(14-18)25-6/h8-9,14-17H,7,10-13H2,1-6H3. The SMILES string of the molecule is CCC(C)CCC1(c2ccc(OC)c(OC)c2)C(C)CC(=O)CC1C. The summed E-state index contributed by atoms with van der Waals surface area (Å²) in [4.78, 5) is 12.2. The van der Waals surface area contributed by atoms with Crippen molar-refractivity contribution in [1.82, 2.24) is 0 Å². The van der Waals surface area contributed by atoms with Crippen LogP contribution in [0.25, 0.3) is 0 Å². The Kier molecular flexibility index (Phi) is 6.53. The summed E-state index contributed by atoms with van der Waals surface area (Å²) in [6.07, 6.45) is 4.86. The molecule has 1 aromatic rings. The molecule has 3 nitrogen and oxygen atoms in total. The molecule has 3 unspecified atom stereocenters. The maximum absolute atomic E-state index is 12.2. The van der Waals surface area contributed by atoms with Gasteiger partial charge in [-0.3, -0.25) is 4.79 Å². The zero-order valence-electron chi connectivity index (χ0n) is 16.7. The molecule has 0 aromatic heterocycles. The number of hydrogen-bond donors (Lipinski definition) is 0. The van der Waals surface area contributed by atoms with Crippen LogP contribution in [0, 0.1) is 17.8 Å². The third kappa shape index (κ3) is 3.86. The van der Waals surface area contributed by atoms with Crippen molar-refractivity contribution in [2.24, 2.45) is 17.8 Å². The lowest BCUT2D eigenvalue weighted by Gasteiger charge is -2.48. The van der Waals surface area contributed by atoms with Gasteiger partial charge in [0.25, 0.3) is 0 Å². The van der Waals surface area contributed by atoms with Gasteiger partial charge in [-0.1, -0.05) is 40.2 Å². The van der Waals surface area contributed by atoms with Gasteiger partial charge < -0.3 is 9.47 Å². The average Bonchev–Trinajstić information content (AvgIpc) is 2.60. The topological polar surface area (TPSA) is 35.5 Å². The van der Waals surface area contributed by atoms with Crippen LogP contribution in [0.5, 0.6) is 11.5 Å². The van der Waals surface area contributed by atoms with E-state index in [4.69, 9.17) is 9.47 Å². The van der Waals surface area contributed by atoms with Gasteiger partial charge in [-0.05, 0) is 48.3 Å². The molecule has 0 heterocycles. The number of Topliss-reactive ketones (excluding diaryl/α,β-unsaturated/α-hetero) is 1. The van der Waals surface area contributed by atoms with E-state index >= 15 is 0 Å². The normalized spacial score (nSPS) is 27.8. The molecule has 1 aromatic carbocycles. The van der Waals surface area contributed by atoms with Crippen LogP contribution in [-0.4, -0.2) is 20.0 Å². The van der Waals surface area contributed by atoms with Gasteiger partial charge in [-0.15, -0.1) is 0 Å². The molecule has 0 spiro atoms. The monoisotopic (exact) mass is 346 g/mol. The van der Waals surface area contributed by atoms with E-state index in [0.29, 0.717) is 36.4 Å². The Balaban J connectivity index is 2.49. The van der Waals surface area contributed by atoms with Crippen molar-refractivity contribution in [3.05, 3.63) is 23.8 Å². The zero-order chi connectivity index (χ0) is 18.6. The summed E-state index contributed by atoms with van der Waals surface area (Å²) < 4.78 is 11.0. The van der Waals surface area contributed by atoms with Crippen LogP contribution in [0.2, 0.25) is 0 Å². The molecule has 25 heavy (non-hydrogen) atoms. The summed E-state index contributed by atoms with van der Waals surface area (Å²) in [6.45, 7) is 9.08. The molecule has 140 valence electrons. The number of benzene rings is 1. The van der Waals surface area contributed by atoms with Gasteiger partial charge in [0.15, 0.2) is 11.5 Å². The number of ether oxygens (including phenoxy) is 2. The molecule has 1 saturated carbocycles. The first-order valence-corrected chi connectivity index (χ1v) is 9.63. The second-order valence-electron chi connectivity index (χ2n) is 7.91. The maximum Gasteiger partial charge on any atom is 0.161 e. The minimum absolute atomic E-state index is 0.0247. The molecule has 1 aliphatic carbocycles. The predicted molar refractivity (Wildman–Crippen MR) is 102 cm³/mol. The van der Waals surface area contributed by atoms with E-state index in [1.807, 2.05) is 6.07 Å². The van der Waals surface area contributed by atoms with Crippen molar-refractivity contribution in [1.29, 1.82) is 0 Å². The molecule has 0 radical (unpaired) electrons. The largest absolute Gasteiger partial charge is 0.493 e. The maximum atomic E-state index is 12.2. The highest BCUT2D eigenvalue weighted by molar-refractivity contribution is 5.80. The highest BCUT2D eigenvalue weighted by atomic mass is 16.5. The van der Waals surface area contributed by atoms with Gasteiger partial charge in [0.05, 0.1) is 14.2 Å². The average molecular weight is 347 g/mol. The van der Waals surface area contributed by atoms with Crippen LogP contribution < -0.4 is 9.47 Å². The third-order valence-corrected chi connectivity index (χ3v) is 6.50. The lowest BCUT2D eigenvalue weighted by atomic mass is 9.55. The molecular weight excluding hydrogens is 312 g/mol. The van der Waals surface area contributed by atoms with Gasteiger partial charge in [-0.2, -0.15) is 0 Å². The van der Waals surface area contributed by atoms with E-state index in [9.17, 15) is 4.79 Å². The number of methoxy groups -OCH3 is 2. The fraction of sp³-hybridized carbons (Fsp3) is 0.682. The first-order chi connectivity index (χ1) is 11.9. The number of ketones is 1. The van der Waals surface area contributed by atoms with Crippen LogP contribution in [0.15, 0.2) is 18.2 Å². The van der Waals surface area contributed by atoms with Gasteiger partial charge in [0.1, 0.15) is 5.78 Å². The van der Waals surface area contributed by atoms with Crippen molar-refractivity contribution in [3.8, 4) is 11.5 Å². The van der Waals surface area contributed by atoms with Gasteiger partial charge in [0, 0.05) is 18.3 Å². The van der Waals surface area contributed by atoms with Gasteiger partial charge in [-0.25, -0.2) is 0 Å². The van der Waals surface area contributed by atoms with Crippen LogP contribution >= 0.6 is 0 Å². The molecule has 0 bridgehead atoms. The van der Waals surface area contributed by atoms with E-state index in [1.165, 1.54) is 18.4 Å². The fourth-order valence-corrected chi connectivity index (χ4v) is 4.64. The zero-order valence-corrected chi connectivity index (χ0v) is 16.7. The Morgan fingerprint density at radius 3 is 2.24 bits per heavy atom. The highest BCUT2D eigenvalue weighted by Gasteiger charge is 2.47. The Hall–Kier alpha value is -1.51. The van der Waals surface area contributed by atoms with Crippen molar-refractivity contribution in [2.45, 2.75) is 65.2 Å². The van der Waals surface area contributed by atoms with Crippen LogP contribution in [-0.2, 0) is 10.2 Å². The molecule has 2 rings (SSSR count). The quantitative estimate of drug-likeness (QED) is 0.663. The second-order valence-corrected chi connectivity index (χ2v) is 7.91. The molecule has 1 fully saturated rings. The molecule has 3 atom stereocenters. The molecule has 0 saturated heterocycles. The van der Waals surface area contributed by atoms with Crippen molar-refractivity contribution < 1.29 is 14.3 Å². The van der Waals surface area contributed by atoms with E-state index < -0.39 is 0 Å². The highest BCUT2D eigenvalue weighted by Crippen LogP contribution is 2.51. The van der Waals surface area contributed by atoms with Crippen LogP contribution in [0.1, 0.15) is 65.4 Å². The number of hydrogen-bond acceptors (Lipinski definition) is 3. The summed E-state index contributed by atoms with van der Waals surface area (Å²) in [5.41, 5.74) is 1.32. The molecule has 0 aliphatic heterocycles. The van der Waals surface area contributed by atoms with Gasteiger partial charge >= 0.3 is 0 Å². The number of rotatable bonds is 7. The Bertz CT molecular complexity index is 579. The minimum Gasteiger partial charge on any atom is -0.493 e. The van der Waals surface area contributed by atoms with Crippen LogP contribution in [0.4, 0.5) is 0 Å². The van der Waals surface area contributed by atoms with Crippen molar-refractivity contribution in [3.63, 3.8) is 0 Å². The molecular formula is C22H34O3. The summed E-state index contributed by atoms with van der Waals surface area (Å²) in [6, 6.07) is 6.33. The summed E-state index contributed by atoms with van der Waals surface area (Å²) >= 11 is 0. The summed E-state index contributed by atoms with van der Waals surface area (Å²) in [5, 5.41) is 0. The number of carbonyl (C=O) groups excluding carboxylic acids is 1. The fourth-order valence-electron chi connectivity index (χ4n) is 4.64. The molecule has 0 N–H and O–H groups in total. The Labute approximate surface area is 153 Å². The van der Waals surface area contributed by atoms with Gasteiger partial charge in [0.2, 0.25) is 0 Å². The van der Waals surface area contributed by atoms with Crippen molar-refractivity contribution in [2.75, 3.05) is 14.2 Å². The predicted octanol–water partition coefficient (Wildman–Crippen LogP) is 5.40. The Morgan fingerprint density at radius 1 is 1.12 bits per heavy atom.